The third-order valence-corrected chi connectivity index (χ3v) is 6.56. The SMILES string of the molecule is CC(NC(=O)C1CCCN(c2ncccc2-c2noc(C3CCC3)n2)C1)c1cccnc1. The van der Waals surface area contributed by atoms with Crippen molar-refractivity contribution in [2.24, 2.45) is 5.92 Å². The van der Waals surface area contributed by atoms with Gasteiger partial charge in [0.1, 0.15) is 5.82 Å². The third-order valence-electron chi connectivity index (χ3n) is 6.56. The molecule has 1 N–H and O–H groups in total. The number of amides is 1. The number of nitrogens with one attached hydrogen (secondary N) is 1. The van der Waals surface area contributed by atoms with Gasteiger partial charge in [0.25, 0.3) is 0 Å². The number of rotatable bonds is 6. The van der Waals surface area contributed by atoms with Gasteiger partial charge in [0.15, 0.2) is 0 Å². The summed E-state index contributed by atoms with van der Waals surface area (Å²) < 4.78 is 5.53. The van der Waals surface area contributed by atoms with Crippen molar-refractivity contribution in [2.45, 2.75) is 51.0 Å². The van der Waals surface area contributed by atoms with E-state index in [1.807, 2.05) is 31.2 Å². The normalized spacial score (nSPS) is 19.9. The van der Waals surface area contributed by atoms with Gasteiger partial charge in [0.2, 0.25) is 17.6 Å². The van der Waals surface area contributed by atoms with Crippen LogP contribution in [0.15, 0.2) is 47.4 Å². The molecule has 2 fully saturated rings. The first-order chi connectivity index (χ1) is 15.7. The zero-order valence-corrected chi connectivity index (χ0v) is 18.3. The van der Waals surface area contributed by atoms with Crippen LogP contribution in [-0.4, -0.2) is 39.1 Å². The molecule has 0 radical (unpaired) electrons. The lowest BCUT2D eigenvalue weighted by Gasteiger charge is -2.34. The van der Waals surface area contributed by atoms with E-state index in [0.29, 0.717) is 18.3 Å². The predicted octanol–water partition coefficient (Wildman–Crippen LogP) is 3.89. The standard InChI is InChI=1S/C24H28N6O2/c1-16(18-8-3-11-25-14-18)27-23(31)19-9-5-13-30(15-19)22-20(10-4-12-26-22)21-28-24(32-29-21)17-6-2-7-17/h3-4,8,10-12,14,16-17,19H,2,5-7,9,13,15H2,1H3,(H,27,31). The van der Waals surface area contributed by atoms with Crippen molar-refractivity contribution in [2.75, 3.05) is 18.0 Å². The van der Waals surface area contributed by atoms with Gasteiger partial charge in [0.05, 0.1) is 17.5 Å². The Labute approximate surface area is 187 Å². The van der Waals surface area contributed by atoms with Crippen LogP contribution >= 0.6 is 0 Å². The second-order valence-electron chi connectivity index (χ2n) is 8.76. The van der Waals surface area contributed by atoms with Crippen LogP contribution in [0.3, 0.4) is 0 Å². The quantitative estimate of drug-likeness (QED) is 0.631. The zero-order valence-electron chi connectivity index (χ0n) is 18.3. The number of hydrogen-bond donors (Lipinski definition) is 1. The Balaban J connectivity index is 1.30. The molecule has 8 heteroatoms. The van der Waals surface area contributed by atoms with Crippen LogP contribution in [0.2, 0.25) is 0 Å². The average molecular weight is 433 g/mol. The highest BCUT2D eigenvalue weighted by Gasteiger charge is 2.30. The summed E-state index contributed by atoms with van der Waals surface area (Å²) in [5.41, 5.74) is 1.85. The summed E-state index contributed by atoms with van der Waals surface area (Å²) in [6.45, 7) is 3.45. The minimum atomic E-state index is -0.103. The van der Waals surface area contributed by atoms with Crippen molar-refractivity contribution in [1.29, 1.82) is 0 Å². The Morgan fingerprint density at radius 1 is 1.19 bits per heavy atom. The van der Waals surface area contributed by atoms with Crippen LogP contribution in [0, 0.1) is 5.92 Å². The zero-order chi connectivity index (χ0) is 21.9. The molecule has 0 bridgehead atoms. The number of nitrogens with zero attached hydrogens (tertiary/aromatic N) is 5. The van der Waals surface area contributed by atoms with Gasteiger partial charge in [-0.2, -0.15) is 4.98 Å². The van der Waals surface area contributed by atoms with Crippen LogP contribution in [0.1, 0.15) is 62.4 Å². The minimum Gasteiger partial charge on any atom is -0.355 e. The Hall–Kier alpha value is -3.29. The molecule has 3 aromatic rings. The maximum Gasteiger partial charge on any atom is 0.230 e. The van der Waals surface area contributed by atoms with Crippen LogP contribution < -0.4 is 10.2 Å². The molecule has 3 aromatic heterocycles. The molecule has 32 heavy (non-hydrogen) atoms. The minimum absolute atomic E-state index is 0.0652. The van der Waals surface area contributed by atoms with E-state index in [9.17, 15) is 4.79 Å². The maximum absolute atomic E-state index is 13.0. The molecular formula is C24H28N6O2. The van der Waals surface area contributed by atoms with Crippen LogP contribution in [0.25, 0.3) is 11.4 Å². The maximum atomic E-state index is 13.0. The number of pyridine rings is 2. The van der Waals surface area contributed by atoms with Gasteiger partial charge in [-0.25, -0.2) is 4.98 Å². The first-order valence-electron chi connectivity index (χ1n) is 11.4. The number of carbonyl (C=O) groups excluding carboxylic acids is 1. The predicted molar refractivity (Wildman–Crippen MR) is 120 cm³/mol. The molecule has 5 rings (SSSR count). The Kier molecular flexibility index (Phi) is 5.83. The largest absolute Gasteiger partial charge is 0.355 e. The Morgan fingerprint density at radius 3 is 2.84 bits per heavy atom. The van der Waals surface area contributed by atoms with Gasteiger partial charge in [-0.1, -0.05) is 17.6 Å². The van der Waals surface area contributed by atoms with Crippen molar-refractivity contribution in [3.63, 3.8) is 0 Å². The summed E-state index contributed by atoms with van der Waals surface area (Å²) >= 11 is 0. The monoisotopic (exact) mass is 432 g/mol. The van der Waals surface area contributed by atoms with Gasteiger partial charge < -0.3 is 14.7 Å². The molecule has 1 amide bonds. The topological polar surface area (TPSA) is 97.0 Å². The summed E-state index contributed by atoms with van der Waals surface area (Å²) in [5, 5.41) is 7.38. The van der Waals surface area contributed by atoms with Crippen LogP contribution in [-0.2, 0) is 4.79 Å². The molecular weight excluding hydrogens is 404 g/mol. The molecule has 2 aliphatic rings. The average Bonchev–Trinajstić information content (AvgIpc) is 3.28. The number of anilines is 1. The molecule has 1 saturated heterocycles. The first kappa shape index (κ1) is 20.6. The van der Waals surface area contributed by atoms with Gasteiger partial charge in [0, 0.05) is 37.6 Å². The van der Waals surface area contributed by atoms with Crippen molar-refractivity contribution >= 4 is 11.7 Å². The summed E-state index contributed by atoms with van der Waals surface area (Å²) in [7, 11) is 0. The van der Waals surface area contributed by atoms with E-state index in [-0.39, 0.29) is 17.9 Å². The lowest BCUT2D eigenvalue weighted by atomic mass is 9.85. The van der Waals surface area contributed by atoms with Gasteiger partial charge in [-0.05, 0) is 56.4 Å². The molecule has 4 heterocycles. The summed E-state index contributed by atoms with van der Waals surface area (Å²) in [4.78, 5) is 28.6. The lowest BCUT2D eigenvalue weighted by Crippen LogP contribution is -2.44. The van der Waals surface area contributed by atoms with Crippen molar-refractivity contribution in [3.8, 4) is 11.4 Å². The number of carbonyl (C=O) groups is 1. The summed E-state index contributed by atoms with van der Waals surface area (Å²) in [5.74, 6) is 2.46. The van der Waals surface area contributed by atoms with E-state index < -0.39 is 0 Å². The number of hydrogen-bond acceptors (Lipinski definition) is 7. The van der Waals surface area contributed by atoms with E-state index in [2.05, 4.69) is 30.3 Å². The second kappa shape index (κ2) is 9.06. The smallest absolute Gasteiger partial charge is 0.230 e. The highest BCUT2D eigenvalue weighted by molar-refractivity contribution is 5.80. The van der Waals surface area contributed by atoms with E-state index in [1.54, 1.807) is 18.6 Å². The van der Waals surface area contributed by atoms with E-state index >= 15 is 0 Å². The fraction of sp³-hybridized carbons (Fsp3) is 0.458. The molecule has 0 aromatic carbocycles. The highest BCUT2D eigenvalue weighted by Crippen LogP contribution is 2.37. The Bertz CT molecular complexity index is 1070. The third kappa shape index (κ3) is 4.22. The first-order valence-corrected chi connectivity index (χ1v) is 11.4. The highest BCUT2D eigenvalue weighted by atomic mass is 16.5. The van der Waals surface area contributed by atoms with Gasteiger partial charge >= 0.3 is 0 Å². The summed E-state index contributed by atoms with van der Waals surface area (Å²) in [6.07, 6.45) is 10.5. The molecule has 1 aliphatic carbocycles. The lowest BCUT2D eigenvalue weighted by molar-refractivity contribution is -0.125. The van der Waals surface area contributed by atoms with Gasteiger partial charge in [-0.3, -0.25) is 9.78 Å². The van der Waals surface area contributed by atoms with Crippen LogP contribution in [0.5, 0.6) is 0 Å². The molecule has 2 unspecified atom stereocenters. The van der Waals surface area contributed by atoms with Gasteiger partial charge in [-0.15, -0.1) is 0 Å². The van der Waals surface area contributed by atoms with E-state index in [0.717, 1.165) is 55.1 Å². The van der Waals surface area contributed by atoms with E-state index in [1.165, 1.54) is 6.42 Å². The van der Waals surface area contributed by atoms with Crippen molar-refractivity contribution in [1.82, 2.24) is 25.4 Å². The second-order valence-corrected chi connectivity index (χ2v) is 8.76. The fourth-order valence-electron chi connectivity index (χ4n) is 4.42. The molecule has 166 valence electrons. The molecule has 2 atom stereocenters. The van der Waals surface area contributed by atoms with Crippen LogP contribution in [0.4, 0.5) is 5.82 Å². The molecule has 0 spiro atoms. The van der Waals surface area contributed by atoms with Crippen molar-refractivity contribution < 1.29 is 9.32 Å². The Morgan fingerprint density at radius 2 is 2.06 bits per heavy atom. The van der Waals surface area contributed by atoms with E-state index in [4.69, 9.17) is 4.52 Å². The molecule has 1 saturated carbocycles. The summed E-state index contributed by atoms with van der Waals surface area (Å²) in [6, 6.07) is 7.65. The number of piperidine rings is 1. The molecule has 8 nitrogen and oxygen atoms in total. The fourth-order valence-corrected chi connectivity index (χ4v) is 4.42. The number of aromatic nitrogens is 4. The molecule has 1 aliphatic heterocycles. The van der Waals surface area contributed by atoms with Crippen molar-refractivity contribution in [3.05, 3.63) is 54.3 Å².